The van der Waals surface area contributed by atoms with Gasteiger partial charge in [-0.25, -0.2) is 4.98 Å². The van der Waals surface area contributed by atoms with Gasteiger partial charge in [0, 0.05) is 44.6 Å². The molecule has 7 heteroatoms. The summed E-state index contributed by atoms with van der Waals surface area (Å²) >= 11 is 5.17. The van der Waals surface area contributed by atoms with Crippen molar-refractivity contribution in [2.75, 3.05) is 0 Å². The molecule has 5 aromatic rings. The summed E-state index contributed by atoms with van der Waals surface area (Å²) in [6.45, 7) is 9.40. The van der Waals surface area contributed by atoms with Gasteiger partial charge in [0.05, 0.1) is 5.69 Å². The number of nitrogens with zero attached hydrogens (tertiary/aromatic N) is 4. The first-order valence-electron chi connectivity index (χ1n) is 11.3. The molecule has 0 aliphatic rings. The van der Waals surface area contributed by atoms with Crippen molar-refractivity contribution in [1.29, 1.82) is 0 Å². The Hall–Kier alpha value is -2.74. The van der Waals surface area contributed by atoms with Crippen LogP contribution in [-0.4, -0.2) is 19.7 Å². The molecule has 34 heavy (non-hydrogen) atoms. The fraction of sp³-hybridized carbons (Fsp3) is 0.222. The Kier molecular flexibility index (Phi) is 6.68. The van der Waals surface area contributed by atoms with Crippen LogP contribution >= 0.6 is 34.4 Å². The Bertz CT molecular complexity index is 1430. The molecule has 0 spiro atoms. The maximum absolute atomic E-state index is 4.88. The highest BCUT2D eigenvalue weighted by Crippen LogP contribution is 2.39. The Morgan fingerprint density at radius 1 is 0.882 bits per heavy atom. The maximum atomic E-state index is 4.88. The van der Waals surface area contributed by atoms with E-state index in [0.717, 1.165) is 39.5 Å². The highest BCUT2D eigenvalue weighted by Gasteiger charge is 2.20. The normalized spacial score (nSPS) is 11.3. The molecule has 0 N–H and O–H groups in total. The Labute approximate surface area is 212 Å². The fourth-order valence-corrected chi connectivity index (χ4v) is 6.80. The first kappa shape index (κ1) is 23.0. The van der Waals surface area contributed by atoms with Gasteiger partial charge in [-0.2, -0.15) is 0 Å². The molecule has 0 atom stereocenters. The first-order chi connectivity index (χ1) is 16.5. The first-order valence-corrected chi connectivity index (χ1v) is 14.0. The lowest BCUT2D eigenvalue weighted by molar-refractivity contribution is 0.687. The maximum Gasteiger partial charge on any atom is 0.191 e. The zero-order chi connectivity index (χ0) is 23.7. The van der Waals surface area contributed by atoms with Gasteiger partial charge in [0.25, 0.3) is 0 Å². The van der Waals surface area contributed by atoms with E-state index < -0.39 is 0 Å². The summed E-state index contributed by atoms with van der Waals surface area (Å²) < 4.78 is 2.22. The monoisotopic (exact) mass is 502 g/mol. The van der Waals surface area contributed by atoms with Gasteiger partial charge < -0.3 is 4.57 Å². The lowest BCUT2D eigenvalue weighted by atomic mass is 10.0. The van der Waals surface area contributed by atoms with Crippen LogP contribution in [0.1, 0.15) is 28.6 Å². The number of thiophene rings is 1. The number of thiazole rings is 1. The predicted molar refractivity (Wildman–Crippen MR) is 146 cm³/mol. The van der Waals surface area contributed by atoms with E-state index in [1.165, 1.54) is 32.7 Å². The Morgan fingerprint density at radius 2 is 1.68 bits per heavy atom. The van der Waals surface area contributed by atoms with Crippen LogP contribution < -0.4 is 0 Å². The molecule has 0 saturated carbocycles. The molecule has 0 amide bonds. The van der Waals surface area contributed by atoms with Gasteiger partial charge in [0.15, 0.2) is 11.0 Å². The molecule has 0 fully saturated rings. The van der Waals surface area contributed by atoms with Crippen LogP contribution in [-0.2, 0) is 12.3 Å². The molecule has 0 unspecified atom stereocenters. The van der Waals surface area contributed by atoms with E-state index in [-0.39, 0.29) is 0 Å². The van der Waals surface area contributed by atoms with Crippen molar-refractivity contribution in [3.8, 4) is 33.1 Å². The smallest absolute Gasteiger partial charge is 0.191 e. The molecule has 3 aromatic heterocycles. The van der Waals surface area contributed by atoms with Crippen LogP contribution in [0, 0.1) is 20.8 Å². The highest BCUT2D eigenvalue weighted by molar-refractivity contribution is 7.98. The average molecular weight is 503 g/mol. The van der Waals surface area contributed by atoms with Gasteiger partial charge >= 0.3 is 0 Å². The van der Waals surface area contributed by atoms with Gasteiger partial charge in [0.1, 0.15) is 5.01 Å². The van der Waals surface area contributed by atoms with Crippen molar-refractivity contribution in [2.24, 2.45) is 0 Å². The highest BCUT2D eigenvalue weighted by atomic mass is 32.2. The number of benzene rings is 2. The molecule has 0 aliphatic heterocycles. The second kappa shape index (κ2) is 9.86. The number of aromatic nitrogens is 4. The molecule has 5 rings (SSSR count). The van der Waals surface area contributed by atoms with E-state index >= 15 is 0 Å². The summed E-state index contributed by atoms with van der Waals surface area (Å²) in [6.07, 6.45) is 0. The largest absolute Gasteiger partial charge is 0.302 e. The van der Waals surface area contributed by atoms with E-state index in [2.05, 4.69) is 102 Å². The molecule has 2 aromatic carbocycles. The third kappa shape index (κ3) is 4.48. The summed E-state index contributed by atoms with van der Waals surface area (Å²) in [7, 11) is 0. The summed E-state index contributed by atoms with van der Waals surface area (Å²) in [4.78, 5) is 6.18. The minimum atomic E-state index is 0.772. The van der Waals surface area contributed by atoms with E-state index in [4.69, 9.17) is 4.98 Å². The topological polar surface area (TPSA) is 43.6 Å². The van der Waals surface area contributed by atoms with Crippen LogP contribution in [0.25, 0.3) is 33.1 Å². The van der Waals surface area contributed by atoms with Crippen LogP contribution in [0.2, 0.25) is 0 Å². The van der Waals surface area contributed by atoms with Crippen molar-refractivity contribution < 1.29 is 0 Å². The van der Waals surface area contributed by atoms with Crippen LogP contribution in [0.4, 0.5) is 0 Å². The van der Waals surface area contributed by atoms with Gasteiger partial charge in [-0.05, 0) is 38.8 Å². The second-order valence-corrected chi connectivity index (χ2v) is 11.1. The molecular formula is C27H26N4S3. The summed E-state index contributed by atoms with van der Waals surface area (Å²) in [5.41, 5.74) is 8.44. The zero-order valence-electron chi connectivity index (χ0n) is 19.7. The fourth-order valence-electron chi connectivity index (χ4n) is 4.03. The molecular weight excluding hydrogens is 477 g/mol. The van der Waals surface area contributed by atoms with Crippen LogP contribution in [0.15, 0.2) is 64.4 Å². The Morgan fingerprint density at radius 3 is 2.44 bits per heavy atom. The standard InChI is InChI=1S/C27H26N4S3/c1-5-31-25(23-16-32-19(4)24(23)20-12-10-17(2)11-13-20)29-30-27(31)34-15-21-14-33-26(28-21)22-9-7-6-8-18(22)3/h6-14,16H,5,15H2,1-4H3. The van der Waals surface area contributed by atoms with Crippen molar-refractivity contribution in [3.05, 3.63) is 81.0 Å². The third-order valence-electron chi connectivity index (χ3n) is 5.87. The van der Waals surface area contributed by atoms with E-state index in [1.54, 1.807) is 34.4 Å². The predicted octanol–water partition coefficient (Wildman–Crippen LogP) is 8.03. The lowest BCUT2D eigenvalue weighted by Gasteiger charge is -2.09. The van der Waals surface area contributed by atoms with E-state index in [1.807, 2.05) is 0 Å². The SMILES string of the molecule is CCn1c(SCc2csc(-c3ccccc3C)n2)nnc1-c1csc(C)c1-c1ccc(C)cc1. The number of aryl methyl sites for hydroxylation is 3. The van der Waals surface area contributed by atoms with Crippen molar-refractivity contribution >= 4 is 34.4 Å². The van der Waals surface area contributed by atoms with E-state index in [0.29, 0.717) is 0 Å². The van der Waals surface area contributed by atoms with Gasteiger partial charge in [0.2, 0.25) is 0 Å². The quantitative estimate of drug-likeness (QED) is 0.211. The molecule has 4 nitrogen and oxygen atoms in total. The van der Waals surface area contributed by atoms with Gasteiger partial charge in [-0.15, -0.1) is 32.9 Å². The van der Waals surface area contributed by atoms with E-state index in [9.17, 15) is 0 Å². The molecule has 3 heterocycles. The average Bonchev–Trinajstić information content (AvgIpc) is 3.56. The van der Waals surface area contributed by atoms with Crippen molar-refractivity contribution in [1.82, 2.24) is 19.7 Å². The van der Waals surface area contributed by atoms with Crippen LogP contribution in [0.3, 0.4) is 0 Å². The van der Waals surface area contributed by atoms with Crippen LogP contribution in [0.5, 0.6) is 0 Å². The molecule has 172 valence electrons. The van der Waals surface area contributed by atoms with Crippen molar-refractivity contribution in [2.45, 2.75) is 45.1 Å². The van der Waals surface area contributed by atoms with Crippen molar-refractivity contribution in [3.63, 3.8) is 0 Å². The molecule has 0 bridgehead atoms. The zero-order valence-corrected chi connectivity index (χ0v) is 22.2. The molecule has 0 aliphatic carbocycles. The molecule has 0 radical (unpaired) electrons. The summed E-state index contributed by atoms with van der Waals surface area (Å²) in [5.74, 6) is 1.71. The van der Waals surface area contributed by atoms with Gasteiger partial charge in [-0.3, -0.25) is 0 Å². The van der Waals surface area contributed by atoms with Gasteiger partial charge in [-0.1, -0.05) is 65.9 Å². The number of thioether (sulfide) groups is 1. The lowest BCUT2D eigenvalue weighted by Crippen LogP contribution is -2.00. The Balaban J connectivity index is 1.40. The third-order valence-corrected chi connectivity index (χ3v) is 8.70. The number of rotatable bonds is 7. The molecule has 0 saturated heterocycles. The number of hydrogen-bond acceptors (Lipinski definition) is 6. The second-order valence-electron chi connectivity index (χ2n) is 8.24. The minimum Gasteiger partial charge on any atom is -0.302 e. The summed E-state index contributed by atoms with van der Waals surface area (Å²) in [5, 5.41) is 15.6. The number of hydrogen-bond donors (Lipinski definition) is 0. The minimum absolute atomic E-state index is 0.772. The summed E-state index contributed by atoms with van der Waals surface area (Å²) in [6, 6.07) is 17.1.